The number of nitrogens with one attached hydrogen (secondary N) is 1. The minimum atomic E-state index is -1.47. The van der Waals surface area contributed by atoms with Crippen LogP contribution >= 0.6 is 0 Å². The second-order valence-corrected chi connectivity index (χ2v) is 3.76. The first-order valence-corrected chi connectivity index (χ1v) is 5.59. The summed E-state index contributed by atoms with van der Waals surface area (Å²) in [4.78, 5) is 21.1. The molecule has 1 aromatic rings. The summed E-state index contributed by atoms with van der Waals surface area (Å²) in [5.74, 6) is -3.63. The van der Waals surface area contributed by atoms with Gasteiger partial charge in [-0.15, -0.1) is 0 Å². The van der Waals surface area contributed by atoms with Crippen LogP contribution in [0.25, 0.3) is 0 Å². The highest BCUT2D eigenvalue weighted by molar-refractivity contribution is 5.95. The highest BCUT2D eigenvalue weighted by atomic mass is 19.1. The lowest BCUT2D eigenvalue weighted by molar-refractivity contribution is -0.387. The number of nitro groups is 1. The Morgan fingerprint density at radius 3 is 2.63 bits per heavy atom. The number of halogens is 2. The Bertz CT molecular complexity index is 494. The fourth-order valence-corrected chi connectivity index (χ4v) is 1.45. The maximum absolute atomic E-state index is 13.6. The monoisotopic (exact) mass is 273 g/mol. The van der Waals surface area contributed by atoms with E-state index in [4.69, 9.17) is 5.73 Å². The van der Waals surface area contributed by atoms with Crippen LogP contribution in [0.2, 0.25) is 0 Å². The molecular weight excluding hydrogens is 260 g/mol. The third-order valence-electron chi connectivity index (χ3n) is 2.41. The number of unbranched alkanes of at least 4 members (excludes halogenated alkanes) is 1. The molecule has 1 amide bonds. The Balaban J connectivity index is 2.90. The van der Waals surface area contributed by atoms with Gasteiger partial charge in [0.1, 0.15) is 11.4 Å². The van der Waals surface area contributed by atoms with E-state index in [0.29, 0.717) is 31.5 Å². The number of amides is 1. The van der Waals surface area contributed by atoms with Gasteiger partial charge in [0.25, 0.3) is 5.91 Å². The molecule has 0 saturated heterocycles. The molecule has 8 heteroatoms. The van der Waals surface area contributed by atoms with Crippen molar-refractivity contribution in [2.75, 3.05) is 13.1 Å². The summed E-state index contributed by atoms with van der Waals surface area (Å²) in [7, 11) is 0. The standard InChI is InChI=1S/C11H13F2N3O3/c12-7-3-4-8(16(18)19)10(13)9(7)11(17)15-6-2-1-5-14/h3-4H,1-2,5-6,14H2,(H,15,17). The van der Waals surface area contributed by atoms with Gasteiger partial charge in [0.2, 0.25) is 5.82 Å². The normalized spacial score (nSPS) is 10.3. The summed E-state index contributed by atoms with van der Waals surface area (Å²) >= 11 is 0. The predicted molar refractivity (Wildman–Crippen MR) is 63.6 cm³/mol. The number of hydrogen-bond acceptors (Lipinski definition) is 4. The van der Waals surface area contributed by atoms with E-state index in [9.17, 15) is 23.7 Å². The van der Waals surface area contributed by atoms with Gasteiger partial charge in [-0.25, -0.2) is 4.39 Å². The van der Waals surface area contributed by atoms with Gasteiger partial charge in [-0.1, -0.05) is 0 Å². The number of hydrogen-bond donors (Lipinski definition) is 2. The lowest BCUT2D eigenvalue weighted by Gasteiger charge is -2.06. The molecule has 0 saturated carbocycles. The summed E-state index contributed by atoms with van der Waals surface area (Å²) in [6, 6.07) is 1.37. The lowest BCUT2D eigenvalue weighted by atomic mass is 10.1. The topological polar surface area (TPSA) is 98.3 Å². The number of nitrogens with zero attached hydrogens (tertiary/aromatic N) is 1. The van der Waals surface area contributed by atoms with E-state index in [1.807, 2.05) is 0 Å². The van der Waals surface area contributed by atoms with E-state index in [1.54, 1.807) is 0 Å². The Kier molecular flexibility index (Phi) is 5.31. The zero-order valence-electron chi connectivity index (χ0n) is 9.99. The van der Waals surface area contributed by atoms with Crippen LogP contribution < -0.4 is 11.1 Å². The van der Waals surface area contributed by atoms with Crippen molar-refractivity contribution in [3.8, 4) is 0 Å². The minimum absolute atomic E-state index is 0.192. The second-order valence-electron chi connectivity index (χ2n) is 3.76. The SMILES string of the molecule is NCCCCNC(=O)c1c(F)ccc([N+](=O)[O-])c1F. The van der Waals surface area contributed by atoms with E-state index < -0.39 is 33.7 Å². The molecule has 0 fully saturated rings. The first-order chi connectivity index (χ1) is 8.99. The molecule has 0 aliphatic heterocycles. The van der Waals surface area contributed by atoms with Crippen LogP contribution in [0.3, 0.4) is 0 Å². The maximum Gasteiger partial charge on any atom is 0.305 e. The quantitative estimate of drug-likeness (QED) is 0.464. The van der Waals surface area contributed by atoms with E-state index in [2.05, 4.69) is 5.32 Å². The average molecular weight is 273 g/mol. The average Bonchev–Trinajstić information content (AvgIpc) is 2.34. The van der Waals surface area contributed by atoms with Crippen LogP contribution in [-0.2, 0) is 0 Å². The minimum Gasteiger partial charge on any atom is -0.352 e. The van der Waals surface area contributed by atoms with E-state index in [0.717, 1.165) is 0 Å². The number of carbonyl (C=O) groups excluding carboxylic acids is 1. The summed E-state index contributed by atoms with van der Waals surface area (Å²) in [5.41, 5.74) is 3.37. The molecule has 104 valence electrons. The summed E-state index contributed by atoms with van der Waals surface area (Å²) < 4.78 is 27.0. The molecular formula is C11H13F2N3O3. The van der Waals surface area contributed by atoms with E-state index in [-0.39, 0.29) is 6.54 Å². The molecule has 0 radical (unpaired) electrons. The van der Waals surface area contributed by atoms with Crippen LogP contribution in [-0.4, -0.2) is 23.9 Å². The highest BCUT2D eigenvalue weighted by Crippen LogP contribution is 2.22. The van der Waals surface area contributed by atoms with Crippen LogP contribution in [0.4, 0.5) is 14.5 Å². The number of nitrogens with two attached hydrogens (primary N) is 1. The molecule has 0 unspecified atom stereocenters. The van der Waals surface area contributed by atoms with Crippen molar-refractivity contribution in [2.24, 2.45) is 5.73 Å². The lowest BCUT2D eigenvalue weighted by Crippen LogP contribution is -2.27. The molecule has 0 heterocycles. The number of nitro benzene ring substituents is 1. The van der Waals surface area contributed by atoms with Crippen molar-refractivity contribution in [1.29, 1.82) is 0 Å². The van der Waals surface area contributed by atoms with Gasteiger partial charge < -0.3 is 11.1 Å². The van der Waals surface area contributed by atoms with Gasteiger partial charge in [-0.05, 0) is 25.5 Å². The molecule has 3 N–H and O–H groups in total. The van der Waals surface area contributed by atoms with Crippen molar-refractivity contribution in [1.82, 2.24) is 5.32 Å². The Morgan fingerprint density at radius 1 is 1.37 bits per heavy atom. The molecule has 0 spiro atoms. The van der Waals surface area contributed by atoms with Crippen LogP contribution in [0, 0.1) is 21.7 Å². The fourth-order valence-electron chi connectivity index (χ4n) is 1.45. The van der Waals surface area contributed by atoms with Gasteiger partial charge in [-0.3, -0.25) is 14.9 Å². The molecule has 1 rings (SSSR count). The van der Waals surface area contributed by atoms with Crippen molar-refractivity contribution < 1.29 is 18.5 Å². The zero-order chi connectivity index (χ0) is 14.4. The van der Waals surface area contributed by atoms with E-state index in [1.165, 1.54) is 0 Å². The Hall–Kier alpha value is -2.09. The van der Waals surface area contributed by atoms with Gasteiger partial charge in [0.05, 0.1) is 4.92 Å². The van der Waals surface area contributed by atoms with Crippen LogP contribution in [0.15, 0.2) is 12.1 Å². The molecule has 0 aromatic heterocycles. The van der Waals surface area contributed by atoms with Crippen molar-refractivity contribution >= 4 is 11.6 Å². The molecule has 1 aromatic carbocycles. The molecule has 0 aliphatic carbocycles. The third kappa shape index (κ3) is 3.68. The summed E-state index contributed by atoms with van der Waals surface area (Å²) in [5, 5.41) is 12.8. The Morgan fingerprint density at radius 2 is 2.05 bits per heavy atom. The molecule has 0 aliphatic rings. The zero-order valence-corrected chi connectivity index (χ0v) is 9.99. The Labute approximate surface area is 107 Å². The first kappa shape index (κ1) is 15.0. The predicted octanol–water partition coefficient (Wildman–Crippen LogP) is 1.34. The first-order valence-electron chi connectivity index (χ1n) is 5.59. The van der Waals surface area contributed by atoms with Gasteiger partial charge >= 0.3 is 5.69 Å². The van der Waals surface area contributed by atoms with Gasteiger partial charge in [0, 0.05) is 12.6 Å². The fraction of sp³-hybridized carbons (Fsp3) is 0.364. The van der Waals surface area contributed by atoms with E-state index >= 15 is 0 Å². The summed E-state index contributed by atoms with van der Waals surface area (Å²) in [6.45, 7) is 0.632. The molecule has 0 bridgehead atoms. The smallest absolute Gasteiger partial charge is 0.305 e. The van der Waals surface area contributed by atoms with Crippen molar-refractivity contribution in [3.05, 3.63) is 39.4 Å². The second kappa shape index (κ2) is 6.74. The molecule has 0 atom stereocenters. The number of carbonyl (C=O) groups is 1. The van der Waals surface area contributed by atoms with Gasteiger partial charge in [-0.2, -0.15) is 4.39 Å². The van der Waals surface area contributed by atoms with Crippen LogP contribution in [0.5, 0.6) is 0 Å². The van der Waals surface area contributed by atoms with Gasteiger partial charge in [0.15, 0.2) is 0 Å². The molecule has 19 heavy (non-hydrogen) atoms. The maximum atomic E-state index is 13.6. The van der Waals surface area contributed by atoms with Crippen molar-refractivity contribution in [2.45, 2.75) is 12.8 Å². The number of benzene rings is 1. The highest BCUT2D eigenvalue weighted by Gasteiger charge is 2.25. The molecule has 6 nitrogen and oxygen atoms in total. The summed E-state index contributed by atoms with van der Waals surface area (Å²) in [6.07, 6.45) is 1.21. The van der Waals surface area contributed by atoms with Crippen LogP contribution in [0.1, 0.15) is 23.2 Å². The third-order valence-corrected chi connectivity index (χ3v) is 2.41. The number of rotatable bonds is 6. The largest absolute Gasteiger partial charge is 0.352 e. The van der Waals surface area contributed by atoms with Crippen molar-refractivity contribution in [3.63, 3.8) is 0 Å².